The van der Waals surface area contributed by atoms with E-state index in [0.717, 1.165) is 32.2 Å². The zero-order valence-corrected chi connectivity index (χ0v) is 12.9. The molecule has 0 bridgehead atoms. The Labute approximate surface area is 136 Å². The van der Waals surface area contributed by atoms with Crippen LogP contribution in [0.4, 0.5) is 5.69 Å². The first-order chi connectivity index (χ1) is 11.3. The number of rotatable bonds is 5. The zero-order valence-electron chi connectivity index (χ0n) is 12.9. The van der Waals surface area contributed by atoms with Gasteiger partial charge in [0, 0.05) is 12.1 Å². The van der Waals surface area contributed by atoms with E-state index in [2.05, 4.69) is 22.3 Å². The summed E-state index contributed by atoms with van der Waals surface area (Å²) >= 11 is 0. The first kappa shape index (κ1) is 15.4. The Kier molecular flexibility index (Phi) is 4.83. The average molecular weight is 308 g/mol. The van der Waals surface area contributed by atoms with Crippen molar-refractivity contribution >= 4 is 17.9 Å². The molecule has 2 aromatic rings. The van der Waals surface area contributed by atoms with E-state index in [0.29, 0.717) is 11.3 Å². The third-order valence-electron chi connectivity index (χ3n) is 4.24. The fourth-order valence-electron chi connectivity index (χ4n) is 3.06. The van der Waals surface area contributed by atoms with Crippen LogP contribution in [0.5, 0.6) is 0 Å². The Morgan fingerprint density at radius 2 is 1.87 bits per heavy atom. The number of aldehydes is 1. The van der Waals surface area contributed by atoms with Gasteiger partial charge < -0.3 is 5.32 Å². The van der Waals surface area contributed by atoms with Crippen LogP contribution in [0.25, 0.3) is 0 Å². The molecule has 3 rings (SSSR count). The van der Waals surface area contributed by atoms with E-state index in [-0.39, 0.29) is 11.9 Å². The Hall–Kier alpha value is -2.46. The van der Waals surface area contributed by atoms with Gasteiger partial charge in [0.1, 0.15) is 0 Å². The van der Waals surface area contributed by atoms with Gasteiger partial charge in [-0.25, -0.2) is 0 Å². The fourth-order valence-corrected chi connectivity index (χ4v) is 3.06. The Morgan fingerprint density at radius 1 is 1.13 bits per heavy atom. The van der Waals surface area contributed by atoms with Crippen molar-refractivity contribution in [3.63, 3.8) is 0 Å². The molecule has 0 aliphatic carbocycles. The van der Waals surface area contributed by atoms with Gasteiger partial charge in [-0.1, -0.05) is 42.5 Å². The van der Waals surface area contributed by atoms with Gasteiger partial charge in [0.2, 0.25) is 5.91 Å². The second kappa shape index (κ2) is 7.20. The quantitative estimate of drug-likeness (QED) is 0.864. The number of para-hydroxylation sites is 1. The lowest BCUT2D eigenvalue weighted by Crippen LogP contribution is -2.39. The lowest BCUT2D eigenvalue weighted by atomic mass is 10.1. The van der Waals surface area contributed by atoms with Gasteiger partial charge in [-0.15, -0.1) is 0 Å². The number of benzene rings is 2. The minimum absolute atomic E-state index is 0.0345. The molecule has 0 spiro atoms. The molecular weight excluding hydrogens is 288 g/mol. The van der Waals surface area contributed by atoms with Gasteiger partial charge in [-0.2, -0.15) is 0 Å². The second-order valence-corrected chi connectivity index (χ2v) is 5.81. The number of anilines is 1. The standard InChI is InChI=1S/C19H20N2O2/c22-14-16-9-4-5-10-17(16)20-19(23)18-11-6-12-21(18)13-15-7-2-1-3-8-15/h1-5,7-10,14,18H,6,11-13H2,(H,20,23)/t18-/m0/s1. The number of amides is 1. The monoisotopic (exact) mass is 308 g/mol. The van der Waals surface area contributed by atoms with E-state index in [1.807, 2.05) is 24.3 Å². The van der Waals surface area contributed by atoms with Crippen molar-refractivity contribution in [3.8, 4) is 0 Å². The highest BCUT2D eigenvalue weighted by Crippen LogP contribution is 2.22. The minimum atomic E-state index is -0.144. The van der Waals surface area contributed by atoms with Crippen LogP contribution in [-0.4, -0.2) is 29.7 Å². The molecule has 0 aromatic heterocycles. The van der Waals surface area contributed by atoms with Gasteiger partial charge in [0.15, 0.2) is 6.29 Å². The van der Waals surface area contributed by atoms with Gasteiger partial charge in [0.25, 0.3) is 0 Å². The number of nitrogens with one attached hydrogen (secondary N) is 1. The van der Waals surface area contributed by atoms with Crippen LogP contribution in [0.2, 0.25) is 0 Å². The van der Waals surface area contributed by atoms with Crippen molar-refractivity contribution in [2.75, 3.05) is 11.9 Å². The maximum absolute atomic E-state index is 12.6. The second-order valence-electron chi connectivity index (χ2n) is 5.81. The predicted octanol–water partition coefficient (Wildman–Crippen LogP) is 3.10. The summed E-state index contributed by atoms with van der Waals surface area (Å²) in [6, 6.07) is 17.1. The Morgan fingerprint density at radius 3 is 2.65 bits per heavy atom. The molecule has 1 atom stereocenters. The summed E-state index contributed by atoms with van der Waals surface area (Å²) in [6.45, 7) is 1.69. The van der Waals surface area contributed by atoms with Crippen molar-refractivity contribution in [2.45, 2.75) is 25.4 Å². The molecule has 1 aliphatic rings. The minimum Gasteiger partial charge on any atom is -0.324 e. The summed E-state index contributed by atoms with van der Waals surface area (Å²) in [5.41, 5.74) is 2.30. The normalized spacial score (nSPS) is 17.8. The topological polar surface area (TPSA) is 49.4 Å². The van der Waals surface area contributed by atoms with Gasteiger partial charge >= 0.3 is 0 Å². The molecule has 1 fully saturated rings. The molecule has 1 heterocycles. The number of nitrogens with zero attached hydrogens (tertiary/aromatic N) is 1. The molecular formula is C19H20N2O2. The number of hydrogen-bond donors (Lipinski definition) is 1. The summed E-state index contributed by atoms with van der Waals surface area (Å²) in [5.74, 6) is -0.0345. The summed E-state index contributed by atoms with van der Waals surface area (Å²) in [7, 11) is 0. The molecule has 0 saturated carbocycles. The molecule has 2 aromatic carbocycles. The van der Waals surface area contributed by atoms with Crippen LogP contribution in [0.3, 0.4) is 0 Å². The first-order valence-corrected chi connectivity index (χ1v) is 7.91. The fraction of sp³-hybridized carbons (Fsp3) is 0.263. The van der Waals surface area contributed by atoms with Crippen LogP contribution in [-0.2, 0) is 11.3 Å². The molecule has 23 heavy (non-hydrogen) atoms. The largest absolute Gasteiger partial charge is 0.324 e. The van der Waals surface area contributed by atoms with Crippen LogP contribution in [0, 0.1) is 0 Å². The molecule has 1 aliphatic heterocycles. The molecule has 1 amide bonds. The SMILES string of the molecule is O=Cc1ccccc1NC(=O)[C@@H]1CCCN1Cc1ccccc1. The van der Waals surface area contributed by atoms with Gasteiger partial charge in [0.05, 0.1) is 11.7 Å². The number of carbonyl (C=O) groups is 2. The maximum Gasteiger partial charge on any atom is 0.241 e. The third-order valence-corrected chi connectivity index (χ3v) is 4.24. The first-order valence-electron chi connectivity index (χ1n) is 7.91. The van der Waals surface area contributed by atoms with Gasteiger partial charge in [-0.3, -0.25) is 14.5 Å². The highest BCUT2D eigenvalue weighted by atomic mass is 16.2. The average Bonchev–Trinajstić information content (AvgIpc) is 3.04. The predicted molar refractivity (Wildman–Crippen MR) is 90.3 cm³/mol. The van der Waals surface area contributed by atoms with E-state index in [1.165, 1.54) is 5.56 Å². The molecule has 0 unspecified atom stereocenters. The smallest absolute Gasteiger partial charge is 0.241 e. The van der Waals surface area contributed by atoms with Crippen molar-refractivity contribution < 1.29 is 9.59 Å². The molecule has 4 heteroatoms. The van der Waals surface area contributed by atoms with E-state index in [4.69, 9.17) is 0 Å². The van der Waals surface area contributed by atoms with Crippen molar-refractivity contribution in [3.05, 3.63) is 65.7 Å². The van der Waals surface area contributed by atoms with Crippen molar-refractivity contribution in [2.24, 2.45) is 0 Å². The van der Waals surface area contributed by atoms with E-state index in [9.17, 15) is 9.59 Å². The molecule has 1 saturated heterocycles. The van der Waals surface area contributed by atoms with E-state index < -0.39 is 0 Å². The summed E-state index contributed by atoms with van der Waals surface area (Å²) in [5, 5.41) is 2.91. The zero-order chi connectivity index (χ0) is 16.1. The summed E-state index contributed by atoms with van der Waals surface area (Å²) in [6.07, 6.45) is 2.63. The van der Waals surface area contributed by atoms with E-state index in [1.54, 1.807) is 18.2 Å². The molecule has 0 radical (unpaired) electrons. The Balaban J connectivity index is 1.69. The molecule has 4 nitrogen and oxygen atoms in total. The highest BCUT2D eigenvalue weighted by molar-refractivity contribution is 5.99. The number of carbonyl (C=O) groups excluding carboxylic acids is 2. The van der Waals surface area contributed by atoms with E-state index >= 15 is 0 Å². The van der Waals surface area contributed by atoms with Crippen LogP contribution in [0.15, 0.2) is 54.6 Å². The van der Waals surface area contributed by atoms with Crippen LogP contribution >= 0.6 is 0 Å². The number of hydrogen-bond acceptors (Lipinski definition) is 3. The van der Waals surface area contributed by atoms with Crippen LogP contribution in [0.1, 0.15) is 28.8 Å². The lowest BCUT2D eigenvalue weighted by Gasteiger charge is -2.24. The molecule has 118 valence electrons. The van der Waals surface area contributed by atoms with Crippen molar-refractivity contribution in [1.82, 2.24) is 4.90 Å². The molecule has 1 N–H and O–H groups in total. The number of likely N-dealkylation sites (tertiary alicyclic amines) is 1. The Bertz CT molecular complexity index is 685. The maximum atomic E-state index is 12.6. The lowest BCUT2D eigenvalue weighted by molar-refractivity contribution is -0.120. The highest BCUT2D eigenvalue weighted by Gasteiger charge is 2.30. The third kappa shape index (κ3) is 3.66. The summed E-state index contributed by atoms with van der Waals surface area (Å²) in [4.78, 5) is 25.9. The van der Waals surface area contributed by atoms with Crippen molar-refractivity contribution in [1.29, 1.82) is 0 Å². The van der Waals surface area contributed by atoms with Gasteiger partial charge in [-0.05, 0) is 37.1 Å². The summed E-state index contributed by atoms with van der Waals surface area (Å²) < 4.78 is 0. The van der Waals surface area contributed by atoms with Crippen LogP contribution < -0.4 is 5.32 Å².